The fourth-order valence-corrected chi connectivity index (χ4v) is 2.86. The van der Waals surface area contributed by atoms with E-state index in [0.717, 1.165) is 0 Å². The van der Waals surface area contributed by atoms with Crippen LogP contribution in [0.25, 0.3) is 11.3 Å². The van der Waals surface area contributed by atoms with Crippen molar-refractivity contribution >= 4 is 58.1 Å². The number of rotatable bonds is 4. The molecule has 0 saturated carbocycles. The van der Waals surface area contributed by atoms with E-state index in [1.165, 1.54) is 18.2 Å². The minimum Gasteiger partial charge on any atom is -0.478 e. The van der Waals surface area contributed by atoms with Gasteiger partial charge in [-0.3, -0.25) is 10.1 Å². The Hall–Kier alpha value is -2.87. The number of thiocarbonyl (C=S) groups is 1. The summed E-state index contributed by atoms with van der Waals surface area (Å²) in [6.45, 7) is 0. The molecule has 9 heteroatoms. The van der Waals surface area contributed by atoms with Crippen LogP contribution in [0.4, 0.5) is 5.69 Å². The van der Waals surface area contributed by atoms with Crippen molar-refractivity contribution in [3.8, 4) is 11.3 Å². The standard InChI is InChI=1S/C19H12Cl2N2O4S/c20-12-6-5-10(9-13(12)21)15-7-8-16(27-15)17(24)23-19(28)22-14-4-2-1-3-11(14)18(25)26/h1-9H,(H,25,26)(H2,22,23,24,28). The summed E-state index contributed by atoms with van der Waals surface area (Å²) in [4.78, 5) is 23.6. The van der Waals surface area contributed by atoms with E-state index in [-0.39, 0.29) is 22.1 Å². The molecule has 3 rings (SSSR count). The van der Waals surface area contributed by atoms with Crippen LogP contribution < -0.4 is 10.6 Å². The predicted molar refractivity (Wildman–Crippen MR) is 111 cm³/mol. The van der Waals surface area contributed by atoms with Crippen LogP contribution in [0, 0.1) is 0 Å². The molecule has 0 aliphatic heterocycles. The Balaban J connectivity index is 1.70. The lowest BCUT2D eigenvalue weighted by molar-refractivity contribution is 0.0698. The summed E-state index contributed by atoms with van der Waals surface area (Å²) in [5.74, 6) is -1.25. The highest BCUT2D eigenvalue weighted by atomic mass is 35.5. The zero-order chi connectivity index (χ0) is 20.3. The maximum absolute atomic E-state index is 12.3. The lowest BCUT2D eigenvalue weighted by atomic mass is 10.2. The van der Waals surface area contributed by atoms with Crippen molar-refractivity contribution < 1.29 is 19.1 Å². The second-order valence-electron chi connectivity index (χ2n) is 5.55. The summed E-state index contributed by atoms with van der Waals surface area (Å²) in [7, 11) is 0. The number of furan rings is 1. The van der Waals surface area contributed by atoms with Crippen LogP contribution in [0.1, 0.15) is 20.9 Å². The molecule has 6 nitrogen and oxygen atoms in total. The molecular formula is C19H12Cl2N2O4S. The number of hydrogen-bond donors (Lipinski definition) is 3. The number of halogens is 2. The summed E-state index contributed by atoms with van der Waals surface area (Å²) in [5, 5.41) is 15.0. The minimum absolute atomic E-state index is 0.0248. The van der Waals surface area contributed by atoms with Crippen molar-refractivity contribution in [2.75, 3.05) is 5.32 Å². The first-order valence-electron chi connectivity index (χ1n) is 7.85. The van der Waals surface area contributed by atoms with Crippen LogP contribution in [0.5, 0.6) is 0 Å². The van der Waals surface area contributed by atoms with Crippen molar-refractivity contribution in [2.24, 2.45) is 0 Å². The molecule has 142 valence electrons. The van der Waals surface area contributed by atoms with Gasteiger partial charge in [-0.05, 0) is 54.7 Å². The second-order valence-corrected chi connectivity index (χ2v) is 6.77. The van der Waals surface area contributed by atoms with E-state index in [9.17, 15) is 14.7 Å². The number of carbonyl (C=O) groups is 2. The Morgan fingerprint density at radius 1 is 1.00 bits per heavy atom. The summed E-state index contributed by atoms with van der Waals surface area (Å²) in [6.07, 6.45) is 0. The number of amides is 1. The minimum atomic E-state index is -1.12. The van der Waals surface area contributed by atoms with Crippen LogP contribution in [0.15, 0.2) is 59.0 Å². The smallest absolute Gasteiger partial charge is 0.337 e. The maximum atomic E-state index is 12.3. The van der Waals surface area contributed by atoms with Gasteiger partial charge in [-0.25, -0.2) is 4.79 Å². The van der Waals surface area contributed by atoms with Crippen molar-refractivity contribution in [3.05, 3.63) is 76.0 Å². The van der Waals surface area contributed by atoms with E-state index in [0.29, 0.717) is 21.4 Å². The molecular weight excluding hydrogens is 423 g/mol. The van der Waals surface area contributed by atoms with Gasteiger partial charge in [0.15, 0.2) is 10.9 Å². The lowest BCUT2D eigenvalue weighted by Crippen LogP contribution is -2.34. The Morgan fingerprint density at radius 3 is 2.46 bits per heavy atom. The largest absolute Gasteiger partial charge is 0.478 e. The molecule has 0 radical (unpaired) electrons. The zero-order valence-corrected chi connectivity index (χ0v) is 16.4. The molecule has 0 bridgehead atoms. The van der Waals surface area contributed by atoms with Crippen LogP contribution >= 0.6 is 35.4 Å². The van der Waals surface area contributed by atoms with Crippen LogP contribution in [-0.4, -0.2) is 22.1 Å². The number of hydrogen-bond acceptors (Lipinski definition) is 4. The number of para-hydroxylation sites is 1. The number of carboxylic acids is 1. The predicted octanol–water partition coefficient (Wildman–Crippen LogP) is 5.08. The molecule has 1 amide bonds. The van der Waals surface area contributed by atoms with E-state index < -0.39 is 11.9 Å². The molecule has 0 atom stereocenters. The SMILES string of the molecule is O=C(NC(=S)Nc1ccccc1C(=O)O)c1ccc(-c2ccc(Cl)c(Cl)c2)o1. The Bertz CT molecular complexity index is 1080. The second kappa shape index (κ2) is 8.43. The first-order chi connectivity index (χ1) is 13.3. The summed E-state index contributed by atoms with van der Waals surface area (Å²) in [6, 6.07) is 14.3. The third-order valence-electron chi connectivity index (χ3n) is 3.67. The van der Waals surface area contributed by atoms with Crippen molar-refractivity contribution in [1.29, 1.82) is 0 Å². The van der Waals surface area contributed by atoms with Gasteiger partial charge >= 0.3 is 5.97 Å². The van der Waals surface area contributed by atoms with E-state index in [4.69, 9.17) is 39.8 Å². The molecule has 28 heavy (non-hydrogen) atoms. The topological polar surface area (TPSA) is 91.6 Å². The summed E-state index contributed by atoms with van der Waals surface area (Å²) >= 11 is 17.0. The van der Waals surface area contributed by atoms with Gasteiger partial charge in [-0.1, -0.05) is 35.3 Å². The van der Waals surface area contributed by atoms with Gasteiger partial charge in [0, 0.05) is 5.56 Å². The summed E-state index contributed by atoms with van der Waals surface area (Å²) in [5.41, 5.74) is 0.944. The lowest BCUT2D eigenvalue weighted by Gasteiger charge is -2.10. The third kappa shape index (κ3) is 4.51. The molecule has 2 aromatic carbocycles. The Labute approximate surface area is 175 Å². The van der Waals surface area contributed by atoms with Crippen molar-refractivity contribution in [1.82, 2.24) is 5.32 Å². The monoisotopic (exact) mass is 434 g/mol. The zero-order valence-electron chi connectivity index (χ0n) is 14.0. The molecule has 0 fully saturated rings. The van der Waals surface area contributed by atoms with Crippen LogP contribution in [-0.2, 0) is 0 Å². The first-order valence-corrected chi connectivity index (χ1v) is 9.01. The fraction of sp³-hybridized carbons (Fsp3) is 0. The Kier molecular flexibility index (Phi) is 5.99. The van der Waals surface area contributed by atoms with E-state index in [2.05, 4.69) is 10.6 Å². The third-order valence-corrected chi connectivity index (χ3v) is 4.61. The van der Waals surface area contributed by atoms with Gasteiger partial charge in [0.25, 0.3) is 5.91 Å². The molecule has 3 aromatic rings. The van der Waals surface area contributed by atoms with Gasteiger partial charge in [0.05, 0.1) is 21.3 Å². The number of aromatic carboxylic acids is 1. The van der Waals surface area contributed by atoms with E-state index in [1.54, 1.807) is 36.4 Å². The molecule has 3 N–H and O–H groups in total. The van der Waals surface area contributed by atoms with Crippen LogP contribution in [0.2, 0.25) is 10.0 Å². The fourth-order valence-electron chi connectivity index (χ4n) is 2.36. The molecule has 0 saturated heterocycles. The molecule has 0 unspecified atom stereocenters. The average Bonchev–Trinajstić information content (AvgIpc) is 3.14. The highest BCUT2D eigenvalue weighted by Crippen LogP contribution is 2.29. The van der Waals surface area contributed by atoms with E-state index >= 15 is 0 Å². The van der Waals surface area contributed by atoms with Crippen LogP contribution in [0.3, 0.4) is 0 Å². The van der Waals surface area contributed by atoms with Gasteiger partial charge in [-0.15, -0.1) is 0 Å². The molecule has 1 aromatic heterocycles. The number of carbonyl (C=O) groups excluding carboxylic acids is 1. The molecule has 0 spiro atoms. The van der Waals surface area contributed by atoms with Gasteiger partial charge < -0.3 is 14.8 Å². The maximum Gasteiger partial charge on any atom is 0.337 e. The number of nitrogens with one attached hydrogen (secondary N) is 2. The molecule has 1 heterocycles. The van der Waals surface area contributed by atoms with Crippen molar-refractivity contribution in [3.63, 3.8) is 0 Å². The van der Waals surface area contributed by atoms with Gasteiger partial charge in [-0.2, -0.15) is 0 Å². The average molecular weight is 435 g/mol. The summed E-state index contributed by atoms with van der Waals surface area (Å²) < 4.78 is 5.54. The number of carboxylic acid groups (broad SMARTS) is 1. The normalized spacial score (nSPS) is 10.4. The molecule has 0 aliphatic rings. The quantitative estimate of drug-likeness (QED) is 0.496. The number of benzene rings is 2. The van der Waals surface area contributed by atoms with Crippen molar-refractivity contribution in [2.45, 2.75) is 0 Å². The van der Waals surface area contributed by atoms with Gasteiger partial charge in [0.1, 0.15) is 5.76 Å². The highest BCUT2D eigenvalue weighted by Gasteiger charge is 2.16. The van der Waals surface area contributed by atoms with E-state index in [1.807, 2.05) is 0 Å². The Morgan fingerprint density at radius 2 is 1.75 bits per heavy atom. The van der Waals surface area contributed by atoms with Gasteiger partial charge in [0.2, 0.25) is 0 Å². The highest BCUT2D eigenvalue weighted by molar-refractivity contribution is 7.80. The first kappa shape index (κ1) is 19.9. The molecule has 0 aliphatic carbocycles. The number of anilines is 1.